The Morgan fingerprint density at radius 1 is 0.509 bits per heavy atom. The van der Waals surface area contributed by atoms with Gasteiger partial charge in [0, 0.05) is 22.4 Å². The highest BCUT2D eigenvalue weighted by Crippen LogP contribution is 2.56. The molecule has 0 aliphatic heterocycles. The van der Waals surface area contributed by atoms with Crippen molar-refractivity contribution in [2.75, 3.05) is 4.90 Å². The van der Waals surface area contributed by atoms with E-state index in [0.717, 1.165) is 11.8 Å². The van der Waals surface area contributed by atoms with E-state index in [1.165, 1.54) is 141 Å². The molecule has 4 aliphatic carbocycles. The lowest BCUT2D eigenvalue weighted by Gasteiger charge is -2.32. The maximum absolute atomic E-state index is 2.59. The second-order valence-corrected chi connectivity index (χ2v) is 18.3. The average Bonchev–Trinajstić information content (AvgIpc) is 3.97. The number of hydrogen-bond donors (Lipinski definition) is 0. The van der Waals surface area contributed by atoms with Crippen LogP contribution in [0.15, 0.2) is 152 Å². The van der Waals surface area contributed by atoms with Crippen LogP contribution in [0.3, 0.4) is 0 Å². The quantitative estimate of drug-likeness (QED) is 0.157. The lowest BCUT2D eigenvalue weighted by Crippen LogP contribution is -2.17. The van der Waals surface area contributed by atoms with Crippen molar-refractivity contribution >= 4 is 27.8 Å². The zero-order valence-corrected chi connectivity index (χ0v) is 33.6. The summed E-state index contributed by atoms with van der Waals surface area (Å²) >= 11 is 0. The van der Waals surface area contributed by atoms with Crippen LogP contribution in [-0.4, -0.2) is 0 Å². The fourth-order valence-corrected chi connectivity index (χ4v) is 11.9. The van der Waals surface area contributed by atoms with E-state index in [2.05, 4.69) is 170 Å². The van der Waals surface area contributed by atoms with E-state index in [1.54, 1.807) is 0 Å². The first-order valence-corrected chi connectivity index (χ1v) is 21.9. The molecule has 1 nitrogen and oxygen atoms in total. The molecule has 1 heteroatoms. The molecule has 282 valence electrons. The van der Waals surface area contributed by atoms with Crippen molar-refractivity contribution in [2.45, 2.75) is 88.9 Å². The number of nitrogens with zero attached hydrogens (tertiary/aromatic N) is 1. The lowest BCUT2D eigenvalue weighted by atomic mass is 9.80. The minimum atomic E-state index is -0.129. The Labute approximate surface area is 339 Å². The predicted molar refractivity (Wildman–Crippen MR) is 241 cm³/mol. The maximum atomic E-state index is 2.59. The molecule has 4 aliphatic rings. The van der Waals surface area contributed by atoms with Gasteiger partial charge in [0.2, 0.25) is 0 Å². The van der Waals surface area contributed by atoms with Gasteiger partial charge in [-0.3, -0.25) is 0 Å². The van der Waals surface area contributed by atoms with Gasteiger partial charge in [-0.05, 0) is 153 Å². The molecule has 0 N–H and O–H groups in total. The predicted octanol–water partition coefficient (Wildman–Crippen LogP) is 15.9. The molecule has 0 radical (unpaired) electrons. The molecule has 0 spiro atoms. The highest BCUT2D eigenvalue weighted by molar-refractivity contribution is 6.03. The average molecular weight is 740 g/mol. The summed E-state index contributed by atoms with van der Waals surface area (Å²) in [6.45, 7) is 4.83. The normalized spacial score (nSPS) is 20.8. The molecule has 0 saturated heterocycles. The maximum Gasteiger partial charge on any atom is 0.0543 e. The summed E-state index contributed by atoms with van der Waals surface area (Å²) in [6, 6.07) is 58.4. The molecule has 0 amide bonds. The second kappa shape index (κ2) is 13.9. The Hall–Kier alpha value is -5.40. The van der Waals surface area contributed by atoms with Crippen molar-refractivity contribution in [3.63, 3.8) is 0 Å². The fourth-order valence-electron chi connectivity index (χ4n) is 11.9. The molecule has 3 fully saturated rings. The van der Waals surface area contributed by atoms with Crippen molar-refractivity contribution in [2.24, 2.45) is 11.8 Å². The minimum Gasteiger partial charge on any atom is -0.310 e. The third-order valence-electron chi connectivity index (χ3n) is 14.8. The number of hydrogen-bond acceptors (Lipinski definition) is 1. The van der Waals surface area contributed by atoms with Crippen molar-refractivity contribution in [3.8, 4) is 33.4 Å². The molecule has 3 atom stereocenters. The van der Waals surface area contributed by atoms with Crippen LogP contribution in [0, 0.1) is 11.8 Å². The number of anilines is 3. The van der Waals surface area contributed by atoms with E-state index in [1.807, 2.05) is 0 Å². The molecule has 7 aromatic carbocycles. The minimum absolute atomic E-state index is 0.129. The highest BCUT2D eigenvalue weighted by atomic mass is 15.1. The van der Waals surface area contributed by atoms with Crippen LogP contribution in [0.2, 0.25) is 0 Å². The Balaban J connectivity index is 1.14. The standard InChI is InChI=1S/C56H53N/c1-56(2)53-25-11-10-23-49(53)51-35-52(48-24-13-17-39-16-6-7-21-46(39)48)55(36-54(51)56)57(43-30-28-40(29-31-43)50-33-37-26-27-42(50)32-37)44-19-12-18-41(34-44)47-22-9-8-20-45(47)38-14-4-3-5-15-38/h6-13,16-25,28-31,34-38,42,50H,3-5,14-15,26-27,32-33H2,1-2H3. The lowest BCUT2D eigenvalue weighted by molar-refractivity contribution is 0.420. The van der Waals surface area contributed by atoms with Crippen LogP contribution in [0.1, 0.15) is 106 Å². The van der Waals surface area contributed by atoms with Crippen LogP contribution >= 0.6 is 0 Å². The molecule has 7 aromatic rings. The van der Waals surface area contributed by atoms with Gasteiger partial charge in [-0.15, -0.1) is 0 Å². The van der Waals surface area contributed by atoms with Gasteiger partial charge in [0.1, 0.15) is 0 Å². The summed E-state index contributed by atoms with van der Waals surface area (Å²) in [5.41, 5.74) is 17.3. The Kier molecular flexibility index (Phi) is 8.50. The molecule has 0 heterocycles. The van der Waals surface area contributed by atoms with Crippen molar-refractivity contribution < 1.29 is 0 Å². The smallest absolute Gasteiger partial charge is 0.0543 e. The van der Waals surface area contributed by atoms with Crippen LogP contribution in [-0.2, 0) is 5.41 Å². The summed E-state index contributed by atoms with van der Waals surface area (Å²) in [7, 11) is 0. The summed E-state index contributed by atoms with van der Waals surface area (Å²) in [5, 5.41) is 2.55. The zero-order valence-electron chi connectivity index (χ0n) is 33.6. The van der Waals surface area contributed by atoms with Crippen LogP contribution in [0.4, 0.5) is 17.1 Å². The van der Waals surface area contributed by atoms with Gasteiger partial charge in [-0.2, -0.15) is 0 Å². The van der Waals surface area contributed by atoms with Gasteiger partial charge in [-0.25, -0.2) is 0 Å². The van der Waals surface area contributed by atoms with Crippen LogP contribution in [0.25, 0.3) is 44.2 Å². The molecule has 11 rings (SSSR count). The first-order chi connectivity index (χ1) is 28.0. The molecule has 2 bridgehead atoms. The first kappa shape index (κ1) is 34.8. The monoisotopic (exact) mass is 739 g/mol. The Morgan fingerprint density at radius 2 is 1.25 bits per heavy atom. The SMILES string of the molecule is CC1(C)c2ccccc2-c2cc(-c3cccc4ccccc34)c(N(c3ccc(C4CC5CCC4C5)cc3)c3cccc(-c4ccccc4C4CCCCC4)c3)cc21. The largest absolute Gasteiger partial charge is 0.310 e. The molecule has 0 aromatic heterocycles. The van der Waals surface area contributed by atoms with Crippen molar-refractivity contribution in [3.05, 3.63) is 174 Å². The van der Waals surface area contributed by atoms with Crippen LogP contribution in [0.5, 0.6) is 0 Å². The van der Waals surface area contributed by atoms with E-state index in [0.29, 0.717) is 11.8 Å². The van der Waals surface area contributed by atoms with Gasteiger partial charge in [0.15, 0.2) is 0 Å². The summed E-state index contributed by atoms with van der Waals surface area (Å²) in [5.74, 6) is 3.12. The Bertz CT molecular complexity index is 2620. The van der Waals surface area contributed by atoms with Gasteiger partial charge in [-0.1, -0.05) is 155 Å². The number of rotatable bonds is 7. The third-order valence-corrected chi connectivity index (χ3v) is 14.8. The van der Waals surface area contributed by atoms with Gasteiger partial charge < -0.3 is 4.90 Å². The molecule has 3 saturated carbocycles. The molecular formula is C56H53N. The third kappa shape index (κ3) is 5.88. The summed E-state index contributed by atoms with van der Waals surface area (Å²) in [6.07, 6.45) is 12.2. The van der Waals surface area contributed by atoms with Gasteiger partial charge >= 0.3 is 0 Å². The first-order valence-electron chi connectivity index (χ1n) is 21.9. The van der Waals surface area contributed by atoms with E-state index in [-0.39, 0.29) is 5.41 Å². The fraction of sp³-hybridized carbons (Fsp3) is 0.286. The Morgan fingerprint density at radius 3 is 2.07 bits per heavy atom. The topological polar surface area (TPSA) is 3.24 Å². The van der Waals surface area contributed by atoms with E-state index < -0.39 is 0 Å². The number of benzene rings is 7. The van der Waals surface area contributed by atoms with Crippen molar-refractivity contribution in [1.82, 2.24) is 0 Å². The van der Waals surface area contributed by atoms with Crippen molar-refractivity contribution in [1.29, 1.82) is 0 Å². The molecule has 57 heavy (non-hydrogen) atoms. The van der Waals surface area contributed by atoms with E-state index >= 15 is 0 Å². The zero-order chi connectivity index (χ0) is 38.1. The summed E-state index contributed by atoms with van der Waals surface area (Å²) in [4.78, 5) is 2.59. The molecular weight excluding hydrogens is 687 g/mol. The molecule has 3 unspecified atom stereocenters. The summed E-state index contributed by atoms with van der Waals surface area (Å²) < 4.78 is 0. The van der Waals surface area contributed by atoms with E-state index in [4.69, 9.17) is 0 Å². The number of fused-ring (bicyclic) bond motifs is 6. The van der Waals surface area contributed by atoms with E-state index in [9.17, 15) is 0 Å². The second-order valence-electron chi connectivity index (χ2n) is 18.3. The van der Waals surface area contributed by atoms with Crippen LogP contribution < -0.4 is 4.90 Å². The van der Waals surface area contributed by atoms with Gasteiger partial charge in [0.05, 0.1) is 5.69 Å². The highest BCUT2D eigenvalue weighted by Gasteiger charge is 2.40. The van der Waals surface area contributed by atoms with Gasteiger partial charge in [0.25, 0.3) is 0 Å².